The normalized spacial score (nSPS) is 25.7. The third kappa shape index (κ3) is 2.27. The van der Waals surface area contributed by atoms with Gasteiger partial charge in [0.05, 0.1) is 6.04 Å². The van der Waals surface area contributed by atoms with Gasteiger partial charge in [-0.15, -0.1) is 0 Å². The smallest absolute Gasteiger partial charge is 0.130 e. The van der Waals surface area contributed by atoms with Crippen molar-refractivity contribution in [3.63, 3.8) is 0 Å². The van der Waals surface area contributed by atoms with Crippen LogP contribution in [0.2, 0.25) is 0 Å². The molecule has 0 spiro atoms. The van der Waals surface area contributed by atoms with Crippen LogP contribution in [0.15, 0.2) is 18.2 Å². The lowest BCUT2D eigenvalue weighted by Crippen LogP contribution is -2.44. The molecule has 0 saturated carbocycles. The molecule has 1 aromatic rings. The van der Waals surface area contributed by atoms with Crippen molar-refractivity contribution in [3.8, 4) is 0 Å². The molecule has 1 aliphatic rings. The van der Waals surface area contributed by atoms with E-state index in [0.29, 0.717) is 0 Å². The molecule has 2 atom stereocenters. The van der Waals surface area contributed by atoms with Gasteiger partial charge in [0.2, 0.25) is 0 Å². The van der Waals surface area contributed by atoms with Gasteiger partial charge >= 0.3 is 0 Å². The van der Waals surface area contributed by atoms with Gasteiger partial charge in [-0.3, -0.25) is 4.90 Å². The van der Waals surface area contributed by atoms with Gasteiger partial charge in [-0.2, -0.15) is 0 Å². The van der Waals surface area contributed by atoms with Crippen LogP contribution in [0, 0.1) is 11.6 Å². The molecule has 100 valence electrons. The molecular formula is C14H20F2N2. The lowest BCUT2D eigenvalue weighted by molar-refractivity contribution is 0.112. The standard InChI is InChI=1S/C14H20F2N2/c1-14(2,3)18-8-7-11(17)13(18)12-9(15)5-4-6-10(12)16/h4-6,11,13H,7-8,17H2,1-3H3. The lowest BCUT2D eigenvalue weighted by atomic mass is 9.96. The molecule has 1 heterocycles. The average molecular weight is 254 g/mol. The SMILES string of the molecule is CC(C)(C)N1CCC(N)C1c1c(F)cccc1F. The Balaban J connectivity index is 2.47. The van der Waals surface area contributed by atoms with E-state index in [4.69, 9.17) is 5.73 Å². The lowest BCUT2D eigenvalue weighted by Gasteiger charge is -2.38. The van der Waals surface area contributed by atoms with Crippen molar-refractivity contribution in [1.82, 2.24) is 4.90 Å². The highest BCUT2D eigenvalue weighted by Crippen LogP contribution is 2.38. The maximum Gasteiger partial charge on any atom is 0.130 e. The number of rotatable bonds is 1. The molecular weight excluding hydrogens is 234 g/mol. The molecule has 1 saturated heterocycles. The van der Waals surface area contributed by atoms with E-state index in [1.807, 2.05) is 20.8 Å². The summed E-state index contributed by atoms with van der Waals surface area (Å²) < 4.78 is 27.8. The molecule has 0 bridgehead atoms. The Labute approximate surface area is 107 Å². The minimum atomic E-state index is -0.508. The van der Waals surface area contributed by atoms with Crippen LogP contribution < -0.4 is 5.73 Å². The first-order chi connectivity index (χ1) is 8.32. The number of likely N-dealkylation sites (tertiary alicyclic amines) is 1. The van der Waals surface area contributed by atoms with Crippen LogP contribution >= 0.6 is 0 Å². The Morgan fingerprint density at radius 1 is 1.22 bits per heavy atom. The minimum absolute atomic E-state index is 0.109. The summed E-state index contributed by atoms with van der Waals surface area (Å²) in [6, 6.07) is 3.37. The van der Waals surface area contributed by atoms with Gasteiger partial charge in [-0.1, -0.05) is 6.07 Å². The summed E-state index contributed by atoms with van der Waals surface area (Å²) in [6.45, 7) is 6.88. The minimum Gasteiger partial charge on any atom is -0.326 e. The third-order valence-electron chi connectivity index (χ3n) is 3.60. The van der Waals surface area contributed by atoms with Crippen LogP contribution in [-0.4, -0.2) is 23.0 Å². The predicted molar refractivity (Wildman–Crippen MR) is 68.2 cm³/mol. The Hall–Kier alpha value is -1.00. The highest BCUT2D eigenvalue weighted by molar-refractivity contribution is 5.26. The Morgan fingerprint density at radius 3 is 2.28 bits per heavy atom. The molecule has 2 N–H and O–H groups in total. The fourth-order valence-corrected chi connectivity index (χ4v) is 2.73. The quantitative estimate of drug-likeness (QED) is 0.835. The summed E-state index contributed by atoms with van der Waals surface area (Å²) in [7, 11) is 0. The van der Waals surface area contributed by atoms with Crippen LogP contribution in [-0.2, 0) is 0 Å². The van der Waals surface area contributed by atoms with Crippen LogP contribution in [0.3, 0.4) is 0 Å². The van der Waals surface area contributed by atoms with Gasteiger partial charge in [0.15, 0.2) is 0 Å². The Bertz CT molecular complexity index is 420. The second-order valence-electron chi connectivity index (χ2n) is 5.90. The van der Waals surface area contributed by atoms with Crippen molar-refractivity contribution >= 4 is 0 Å². The summed E-state index contributed by atoms with van der Waals surface area (Å²) in [4.78, 5) is 2.08. The van der Waals surface area contributed by atoms with Crippen LogP contribution in [0.4, 0.5) is 8.78 Å². The summed E-state index contributed by atoms with van der Waals surface area (Å²) in [5, 5.41) is 0. The van der Waals surface area contributed by atoms with Crippen LogP contribution in [0.1, 0.15) is 38.8 Å². The van der Waals surface area contributed by atoms with Crippen molar-refractivity contribution in [2.24, 2.45) is 5.73 Å². The first-order valence-electron chi connectivity index (χ1n) is 6.28. The third-order valence-corrected chi connectivity index (χ3v) is 3.60. The maximum atomic E-state index is 13.9. The zero-order valence-electron chi connectivity index (χ0n) is 11.1. The van der Waals surface area contributed by atoms with Gasteiger partial charge in [0, 0.05) is 23.7 Å². The van der Waals surface area contributed by atoms with Crippen molar-refractivity contribution in [2.75, 3.05) is 6.54 Å². The largest absolute Gasteiger partial charge is 0.326 e. The molecule has 1 aliphatic heterocycles. The molecule has 2 rings (SSSR count). The monoisotopic (exact) mass is 254 g/mol. The van der Waals surface area contributed by atoms with E-state index in [-0.39, 0.29) is 23.2 Å². The van der Waals surface area contributed by atoms with Crippen molar-refractivity contribution in [1.29, 1.82) is 0 Å². The van der Waals surface area contributed by atoms with E-state index in [1.165, 1.54) is 18.2 Å². The topological polar surface area (TPSA) is 29.3 Å². The second-order valence-corrected chi connectivity index (χ2v) is 5.90. The zero-order chi connectivity index (χ0) is 13.5. The molecule has 0 radical (unpaired) electrons. The number of benzene rings is 1. The van der Waals surface area contributed by atoms with E-state index in [2.05, 4.69) is 4.90 Å². The molecule has 4 heteroatoms. The molecule has 2 nitrogen and oxygen atoms in total. The fraction of sp³-hybridized carbons (Fsp3) is 0.571. The van der Waals surface area contributed by atoms with Gasteiger partial charge in [0.1, 0.15) is 11.6 Å². The van der Waals surface area contributed by atoms with Crippen LogP contribution in [0.5, 0.6) is 0 Å². The number of halogens is 2. The first-order valence-corrected chi connectivity index (χ1v) is 6.28. The van der Waals surface area contributed by atoms with E-state index in [1.54, 1.807) is 0 Å². The predicted octanol–water partition coefficient (Wildman–Crippen LogP) is 2.84. The summed E-state index contributed by atoms with van der Waals surface area (Å²) in [6.07, 6.45) is 0.760. The molecule has 1 fully saturated rings. The molecule has 1 aromatic carbocycles. The fourth-order valence-electron chi connectivity index (χ4n) is 2.73. The molecule has 0 aromatic heterocycles. The first kappa shape index (κ1) is 13.4. The number of hydrogen-bond donors (Lipinski definition) is 1. The highest BCUT2D eigenvalue weighted by Gasteiger charge is 2.41. The van der Waals surface area contributed by atoms with Gasteiger partial charge < -0.3 is 5.73 Å². The van der Waals surface area contributed by atoms with Crippen molar-refractivity contribution < 1.29 is 8.78 Å². The average Bonchev–Trinajstić information content (AvgIpc) is 2.60. The maximum absolute atomic E-state index is 13.9. The molecule has 0 aliphatic carbocycles. The number of nitrogens with two attached hydrogens (primary N) is 1. The van der Waals surface area contributed by atoms with Gasteiger partial charge in [0.25, 0.3) is 0 Å². The van der Waals surface area contributed by atoms with E-state index in [9.17, 15) is 8.78 Å². The van der Waals surface area contributed by atoms with Gasteiger partial charge in [-0.05, 0) is 39.3 Å². The summed E-state index contributed by atoms with van der Waals surface area (Å²) >= 11 is 0. The second kappa shape index (κ2) is 4.59. The van der Waals surface area contributed by atoms with Crippen molar-refractivity contribution in [3.05, 3.63) is 35.4 Å². The Kier molecular flexibility index (Phi) is 3.43. The van der Waals surface area contributed by atoms with E-state index >= 15 is 0 Å². The number of nitrogens with zero attached hydrogens (tertiary/aromatic N) is 1. The van der Waals surface area contributed by atoms with Crippen LogP contribution in [0.25, 0.3) is 0 Å². The zero-order valence-corrected chi connectivity index (χ0v) is 11.1. The summed E-state index contributed by atoms with van der Waals surface area (Å²) in [5.74, 6) is -1.02. The molecule has 0 amide bonds. The summed E-state index contributed by atoms with van der Waals surface area (Å²) in [5.41, 5.74) is 6.01. The van der Waals surface area contributed by atoms with E-state index < -0.39 is 11.6 Å². The molecule has 18 heavy (non-hydrogen) atoms. The molecule has 2 unspecified atom stereocenters. The highest BCUT2D eigenvalue weighted by atomic mass is 19.1. The number of hydrogen-bond acceptors (Lipinski definition) is 2. The van der Waals surface area contributed by atoms with E-state index in [0.717, 1.165) is 13.0 Å². The Morgan fingerprint density at radius 2 is 1.78 bits per heavy atom. The van der Waals surface area contributed by atoms with Gasteiger partial charge in [-0.25, -0.2) is 8.78 Å². The van der Waals surface area contributed by atoms with Crippen molar-refractivity contribution in [2.45, 2.75) is 44.8 Å².